The molecule has 29 heavy (non-hydrogen) atoms. The van der Waals surface area contributed by atoms with Gasteiger partial charge in [0.1, 0.15) is 0 Å². The second-order valence-corrected chi connectivity index (χ2v) is 7.61. The lowest BCUT2D eigenvalue weighted by molar-refractivity contribution is -0.121. The Morgan fingerprint density at radius 3 is 2.59 bits per heavy atom. The minimum absolute atomic E-state index is 0.0722. The molecule has 2 aromatic heterocycles. The molecule has 1 amide bonds. The molecule has 3 heterocycles. The Bertz CT molecular complexity index is 901. The quantitative estimate of drug-likeness (QED) is 0.675. The number of piperidine rings is 1. The number of likely N-dealkylation sites (tertiary alicyclic amines) is 1. The fourth-order valence-corrected chi connectivity index (χ4v) is 3.82. The summed E-state index contributed by atoms with van der Waals surface area (Å²) < 4.78 is 2.05. The Balaban J connectivity index is 1.24. The first-order valence-electron chi connectivity index (χ1n) is 10.2. The Morgan fingerprint density at radius 1 is 1.03 bits per heavy atom. The number of nitrogens with zero attached hydrogens (tertiary/aromatic N) is 4. The van der Waals surface area contributed by atoms with Crippen LogP contribution in [0, 0.1) is 0 Å². The molecule has 4 rings (SSSR count). The van der Waals surface area contributed by atoms with Crippen LogP contribution in [0.1, 0.15) is 29.8 Å². The van der Waals surface area contributed by atoms with Gasteiger partial charge in [0.25, 0.3) is 0 Å². The van der Waals surface area contributed by atoms with Crippen molar-refractivity contribution < 1.29 is 4.79 Å². The summed E-state index contributed by atoms with van der Waals surface area (Å²) in [5.74, 6) is 0.0722. The minimum atomic E-state index is 0.0722. The molecule has 1 aliphatic heterocycles. The van der Waals surface area contributed by atoms with Gasteiger partial charge in [-0.15, -0.1) is 0 Å². The molecule has 0 saturated carbocycles. The van der Waals surface area contributed by atoms with Gasteiger partial charge in [-0.2, -0.15) is 0 Å². The van der Waals surface area contributed by atoms with E-state index in [0.29, 0.717) is 6.42 Å². The smallest absolute Gasteiger partial charge is 0.226 e. The number of benzene rings is 1. The lowest BCUT2D eigenvalue weighted by Crippen LogP contribution is -2.45. The molecule has 0 radical (unpaired) electrons. The Morgan fingerprint density at radius 2 is 1.83 bits per heavy atom. The van der Waals surface area contributed by atoms with E-state index in [2.05, 4.69) is 38.4 Å². The Hall–Kier alpha value is -2.99. The largest absolute Gasteiger partial charge is 0.353 e. The van der Waals surface area contributed by atoms with Gasteiger partial charge in [0.05, 0.1) is 18.4 Å². The van der Waals surface area contributed by atoms with Gasteiger partial charge in [0, 0.05) is 50.3 Å². The summed E-state index contributed by atoms with van der Waals surface area (Å²) in [5.41, 5.74) is 3.24. The molecular formula is C23H27N5O. The molecule has 0 aliphatic carbocycles. The number of imidazole rings is 1. The molecule has 1 aliphatic rings. The SMILES string of the molecule is O=C(Cc1cncn1Cc1ccccc1)NC1CCN(Cc2ccccn2)CC1. The van der Waals surface area contributed by atoms with Crippen LogP contribution in [0.3, 0.4) is 0 Å². The van der Waals surface area contributed by atoms with Crippen molar-refractivity contribution in [1.29, 1.82) is 0 Å². The van der Waals surface area contributed by atoms with Crippen molar-refractivity contribution in [2.24, 2.45) is 0 Å². The van der Waals surface area contributed by atoms with Gasteiger partial charge in [-0.25, -0.2) is 4.98 Å². The van der Waals surface area contributed by atoms with Gasteiger partial charge >= 0.3 is 0 Å². The molecule has 1 aromatic carbocycles. The van der Waals surface area contributed by atoms with E-state index in [9.17, 15) is 4.79 Å². The number of hydrogen-bond donors (Lipinski definition) is 1. The minimum Gasteiger partial charge on any atom is -0.353 e. The first-order chi connectivity index (χ1) is 14.3. The zero-order valence-electron chi connectivity index (χ0n) is 16.6. The highest BCUT2D eigenvalue weighted by Crippen LogP contribution is 2.13. The summed E-state index contributed by atoms with van der Waals surface area (Å²) in [6, 6.07) is 16.5. The normalized spacial score (nSPS) is 15.3. The summed E-state index contributed by atoms with van der Waals surface area (Å²) in [6.45, 7) is 3.57. The number of carbonyl (C=O) groups is 1. The van der Waals surface area contributed by atoms with Gasteiger partial charge in [0.15, 0.2) is 0 Å². The average molecular weight is 390 g/mol. The van der Waals surface area contributed by atoms with E-state index in [1.165, 1.54) is 5.56 Å². The Labute approximate surface area is 171 Å². The molecule has 1 fully saturated rings. The first-order valence-corrected chi connectivity index (χ1v) is 10.2. The average Bonchev–Trinajstić information content (AvgIpc) is 3.17. The van der Waals surface area contributed by atoms with Crippen molar-refractivity contribution in [1.82, 2.24) is 24.8 Å². The molecule has 0 spiro atoms. The van der Waals surface area contributed by atoms with Crippen molar-refractivity contribution in [3.63, 3.8) is 0 Å². The van der Waals surface area contributed by atoms with Crippen LogP contribution in [0.15, 0.2) is 67.3 Å². The van der Waals surface area contributed by atoms with E-state index in [1.54, 1.807) is 12.5 Å². The number of amides is 1. The van der Waals surface area contributed by atoms with Gasteiger partial charge in [-0.3, -0.25) is 14.7 Å². The third kappa shape index (κ3) is 5.51. The summed E-state index contributed by atoms with van der Waals surface area (Å²) in [4.78, 5) is 23.6. The van der Waals surface area contributed by atoms with Gasteiger partial charge in [0.2, 0.25) is 5.91 Å². The second-order valence-electron chi connectivity index (χ2n) is 7.61. The van der Waals surface area contributed by atoms with Crippen LogP contribution in [0.2, 0.25) is 0 Å². The number of rotatable bonds is 7. The predicted molar refractivity (Wildman–Crippen MR) is 112 cm³/mol. The van der Waals surface area contributed by atoms with Crippen LogP contribution >= 0.6 is 0 Å². The maximum atomic E-state index is 12.6. The third-order valence-corrected chi connectivity index (χ3v) is 5.40. The summed E-state index contributed by atoms with van der Waals surface area (Å²) in [6.07, 6.45) is 7.74. The van der Waals surface area contributed by atoms with E-state index >= 15 is 0 Å². The highest BCUT2D eigenvalue weighted by molar-refractivity contribution is 5.78. The van der Waals surface area contributed by atoms with Crippen LogP contribution in [0.25, 0.3) is 0 Å². The lowest BCUT2D eigenvalue weighted by atomic mass is 10.0. The molecular weight excluding hydrogens is 362 g/mol. The van der Waals surface area contributed by atoms with Crippen molar-refractivity contribution >= 4 is 5.91 Å². The van der Waals surface area contributed by atoms with Crippen LogP contribution in [0.4, 0.5) is 0 Å². The predicted octanol–water partition coefficient (Wildman–Crippen LogP) is 2.65. The standard InChI is InChI=1S/C23H27N5O/c29-23(14-22-15-24-18-28(22)16-19-6-2-1-3-7-19)26-20-9-12-27(13-10-20)17-21-8-4-5-11-25-21/h1-8,11,15,18,20H,9-10,12-14,16-17H2,(H,26,29). The van der Waals surface area contributed by atoms with Crippen LogP contribution in [-0.4, -0.2) is 44.5 Å². The summed E-state index contributed by atoms with van der Waals surface area (Å²) >= 11 is 0. The maximum absolute atomic E-state index is 12.6. The molecule has 0 atom stereocenters. The zero-order valence-corrected chi connectivity index (χ0v) is 16.6. The van der Waals surface area contributed by atoms with Gasteiger partial charge in [-0.05, 0) is 30.5 Å². The fraction of sp³-hybridized carbons (Fsp3) is 0.348. The fourth-order valence-electron chi connectivity index (χ4n) is 3.82. The molecule has 1 N–H and O–H groups in total. The molecule has 0 bridgehead atoms. The van der Waals surface area contributed by atoms with Gasteiger partial charge in [-0.1, -0.05) is 36.4 Å². The van der Waals surface area contributed by atoms with Crippen molar-refractivity contribution in [3.8, 4) is 0 Å². The molecule has 150 valence electrons. The first kappa shape index (κ1) is 19.3. The number of carbonyl (C=O) groups excluding carboxylic acids is 1. The number of aromatic nitrogens is 3. The number of pyridine rings is 1. The van der Waals surface area contributed by atoms with Gasteiger partial charge < -0.3 is 9.88 Å². The number of hydrogen-bond acceptors (Lipinski definition) is 4. The second kappa shape index (κ2) is 9.47. The van der Waals surface area contributed by atoms with Crippen molar-refractivity contribution in [2.75, 3.05) is 13.1 Å². The lowest BCUT2D eigenvalue weighted by Gasteiger charge is -2.32. The molecule has 6 nitrogen and oxygen atoms in total. The summed E-state index contributed by atoms with van der Waals surface area (Å²) in [5, 5.41) is 3.21. The molecule has 3 aromatic rings. The highest BCUT2D eigenvalue weighted by Gasteiger charge is 2.21. The monoisotopic (exact) mass is 389 g/mol. The van der Waals surface area contributed by atoms with Crippen LogP contribution in [0.5, 0.6) is 0 Å². The maximum Gasteiger partial charge on any atom is 0.226 e. The van der Waals surface area contributed by atoms with E-state index in [1.807, 2.05) is 41.1 Å². The highest BCUT2D eigenvalue weighted by atomic mass is 16.1. The van der Waals surface area contributed by atoms with Crippen LogP contribution < -0.4 is 5.32 Å². The Kier molecular flexibility index (Phi) is 6.32. The van der Waals surface area contributed by atoms with E-state index in [4.69, 9.17) is 0 Å². The topological polar surface area (TPSA) is 63.1 Å². The molecule has 6 heteroatoms. The summed E-state index contributed by atoms with van der Waals surface area (Å²) in [7, 11) is 0. The molecule has 1 saturated heterocycles. The van der Waals surface area contributed by atoms with Crippen molar-refractivity contribution in [3.05, 3.63) is 84.2 Å². The van der Waals surface area contributed by atoms with E-state index in [0.717, 1.165) is 50.4 Å². The van der Waals surface area contributed by atoms with E-state index < -0.39 is 0 Å². The van der Waals surface area contributed by atoms with Crippen molar-refractivity contribution in [2.45, 2.75) is 38.4 Å². The third-order valence-electron chi connectivity index (χ3n) is 5.40. The van der Waals surface area contributed by atoms with E-state index in [-0.39, 0.29) is 11.9 Å². The number of nitrogens with one attached hydrogen (secondary N) is 1. The van der Waals surface area contributed by atoms with Crippen LogP contribution in [-0.2, 0) is 24.3 Å². The molecule has 0 unspecified atom stereocenters. The zero-order chi connectivity index (χ0) is 19.9.